The normalized spacial score (nSPS) is 14.7. The highest BCUT2D eigenvalue weighted by Crippen LogP contribution is 2.22. The second-order valence-corrected chi connectivity index (χ2v) is 6.24. The first-order valence-electron chi connectivity index (χ1n) is 6.26. The zero-order chi connectivity index (χ0) is 14.5. The number of amides is 3. The largest absolute Gasteiger partial charge is 0.336 e. The van der Waals surface area contributed by atoms with Crippen molar-refractivity contribution in [2.45, 2.75) is 6.54 Å². The van der Waals surface area contributed by atoms with E-state index in [2.05, 4.69) is 11.9 Å². The molecule has 2 heterocycles. The minimum absolute atomic E-state index is 0.189. The molecule has 5 nitrogen and oxygen atoms in total. The Hall–Kier alpha value is -1.37. The van der Waals surface area contributed by atoms with Crippen molar-refractivity contribution >= 4 is 34.9 Å². The van der Waals surface area contributed by atoms with Crippen molar-refractivity contribution in [3.63, 3.8) is 0 Å². The van der Waals surface area contributed by atoms with Crippen molar-refractivity contribution in [1.82, 2.24) is 15.1 Å². The van der Waals surface area contributed by atoms with E-state index in [0.717, 1.165) is 9.21 Å². The summed E-state index contributed by atoms with van der Waals surface area (Å²) < 4.78 is 0.726. The number of hydrogen-bond donors (Lipinski definition) is 1. The zero-order valence-corrected chi connectivity index (χ0v) is 12.5. The van der Waals surface area contributed by atoms with Gasteiger partial charge >= 0.3 is 6.03 Å². The van der Waals surface area contributed by atoms with Crippen molar-refractivity contribution in [2.24, 2.45) is 0 Å². The molecule has 1 aromatic heterocycles. The molecule has 0 radical (unpaired) electrons. The monoisotopic (exact) mass is 313 g/mol. The Kier molecular flexibility index (Phi) is 5.17. The Balaban J connectivity index is 1.96. The number of imide groups is 1. The highest BCUT2D eigenvalue weighted by atomic mass is 35.5. The van der Waals surface area contributed by atoms with E-state index < -0.39 is 0 Å². The van der Waals surface area contributed by atoms with Crippen molar-refractivity contribution in [2.75, 3.05) is 26.2 Å². The minimum atomic E-state index is -0.312. The zero-order valence-electron chi connectivity index (χ0n) is 11.0. The van der Waals surface area contributed by atoms with E-state index in [-0.39, 0.29) is 18.5 Å². The van der Waals surface area contributed by atoms with E-state index in [0.29, 0.717) is 26.2 Å². The quantitative estimate of drug-likeness (QED) is 0.817. The van der Waals surface area contributed by atoms with Crippen LogP contribution in [0.2, 0.25) is 4.34 Å². The van der Waals surface area contributed by atoms with Gasteiger partial charge in [0, 0.05) is 31.1 Å². The SMILES string of the molecule is C=CCN(CC(=O)N1CCNC1=O)Cc1ccc(Cl)s1. The molecule has 0 saturated carbocycles. The maximum absolute atomic E-state index is 12.1. The number of nitrogens with one attached hydrogen (secondary N) is 1. The summed E-state index contributed by atoms with van der Waals surface area (Å²) >= 11 is 7.39. The predicted molar refractivity (Wildman–Crippen MR) is 79.9 cm³/mol. The minimum Gasteiger partial charge on any atom is -0.336 e. The first-order valence-corrected chi connectivity index (χ1v) is 7.45. The number of carbonyl (C=O) groups excluding carboxylic acids is 2. The molecule has 1 aliphatic rings. The third-order valence-corrected chi connectivity index (χ3v) is 4.13. The Bertz CT molecular complexity index is 517. The van der Waals surface area contributed by atoms with Gasteiger partial charge in [0.1, 0.15) is 0 Å². The predicted octanol–water partition coefficient (Wildman–Crippen LogP) is 1.94. The first-order chi connectivity index (χ1) is 9.60. The van der Waals surface area contributed by atoms with Gasteiger partial charge in [0.25, 0.3) is 0 Å². The van der Waals surface area contributed by atoms with Crippen molar-refractivity contribution in [3.8, 4) is 0 Å². The van der Waals surface area contributed by atoms with Crippen molar-refractivity contribution in [1.29, 1.82) is 0 Å². The van der Waals surface area contributed by atoms with Crippen molar-refractivity contribution in [3.05, 3.63) is 34.0 Å². The molecule has 1 saturated heterocycles. The van der Waals surface area contributed by atoms with E-state index in [4.69, 9.17) is 11.6 Å². The van der Waals surface area contributed by atoms with Gasteiger partial charge in [-0.3, -0.25) is 14.6 Å². The molecular weight excluding hydrogens is 298 g/mol. The molecular formula is C13H16ClN3O2S. The highest BCUT2D eigenvalue weighted by Gasteiger charge is 2.27. The number of nitrogens with zero attached hydrogens (tertiary/aromatic N) is 2. The van der Waals surface area contributed by atoms with Crippen LogP contribution in [0.5, 0.6) is 0 Å². The molecule has 1 fully saturated rings. The average Bonchev–Trinajstić information content (AvgIpc) is 2.98. The van der Waals surface area contributed by atoms with Crippen LogP contribution in [0.1, 0.15) is 4.88 Å². The van der Waals surface area contributed by atoms with Crippen LogP contribution >= 0.6 is 22.9 Å². The van der Waals surface area contributed by atoms with E-state index in [1.165, 1.54) is 16.2 Å². The molecule has 3 amide bonds. The Labute approximate surface area is 126 Å². The fourth-order valence-electron chi connectivity index (χ4n) is 2.01. The summed E-state index contributed by atoms with van der Waals surface area (Å²) in [5.74, 6) is -0.190. The Morgan fingerprint density at radius 1 is 1.60 bits per heavy atom. The van der Waals surface area contributed by atoms with Crippen LogP contribution in [-0.2, 0) is 11.3 Å². The maximum atomic E-state index is 12.1. The maximum Gasteiger partial charge on any atom is 0.324 e. The third kappa shape index (κ3) is 3.82. The van der Waals surface area contributed by atoms with Gasteiger partial charge in [-0.1, -0.05) is 17.7 Å². The summed E-state index contributed by atoms with van der Waals surface area (Å²) in [6, 6.07) is 3.46. The average molecular weight is 314 g/mol. The first kappa shape index (κ1) is 15.0. The van der Waals surface area contributed by atoms with Crippen LogP contribution in [-0.4, -0.2) is 47.9 Å². The van der Waals surface area contributed by atoms with Crippen LogP contribution in [0.25, 0.3) is 0 Å². The summed E-state index contributed by atoms with van der Waals surface area (Å²) in [4.78, 5) is 27.8. The molecule has 108 valence electrons. The molecule has 7 heteroatoms. The summed E-state index contributed by atoms with van der Waals surface area (Å²) in [5.41, 5.74) is 0. The van der Waals surface area contributed by atoms with Gasteiger partial charge in [0.05, 0.1) is 10.9 Å². The summed E-state index contributed by atoms with van der Waals surface area (Å²) in [5, 5.41) is 2.62. The number of halogens is 1. The molecule has 0 aromatic carbocycles. The fourth-order valence-corrected chi connectivity index (χ4v) is 3.14. The fraction of sp³-hybridized carbons (Fsp3) is 0.385. The Morgan fingerprint density at radius 3 is 2.95 bits per heavy atom. The third-order valence-electron chi connectivity index (χ3n) is 2.91. The lowest BCUT2D eigenvalue weighted by molar-refractivity contribution is -0.128. The molecule has 0 unspecified atom stereocenters. The van der Waals surface area contributed by atoms with Crippen LogP contribution in [0.15, 0.2) is 24.8 Å². The van der Waals surface area contributed by atoms with Gasteiger partial charge in [0.2, 0.25) is 5.91 Å². The lowest BCUT2D eigenvalue weighted by Gasteiger charge is -2.21. The molecule has 0 aliphatic carbocycles. The van der Waals surface area contributed by atoms with Crippen LogP contribution < -0.4 is 5.32 Å². The molecule has 2 rings (SSSR count). The van der Waals surface area contributed by atoms with Gasteiger partial charge in [0.15, 0.2) is 0 Å². The number of carbonyl (C=O) groups is 2. The van der Waals surface area contributed by atoms with Gasteiger partial charge in [-0.25, -0.2) is 4.79 Å². The Morgan fingerprint density at radius 2 is 2.40 bits per heavy atom. The molecule has 1 aliphatic heterocycles. The molecule has 20 heavy (non-hydrogen) atoms. The second-order valence-electron chi connectivity index (χ2n) is 4.44. The smallest absolute Gasteiger partial charge is 0.324 e. The van der Waals surface area contributed by atoms with E-state index >= 15 is 0 Å². The van der Waals surface area contributed by atoms with E-state index in [1.807, 2.05) is 17.0 Å². The molecule has 1 aromatic rings. The van der Waals surface area contributed by atoms with E-state index in [1.54, 1.807) is 6.08 Å². The number of urea groups is 1. The van der Waals surface area contributed by atoms with Crippen LogP contribution in [0.4, 0.5) is 4.79 Å². The van der Waals surface area contributed by atoms with Gasteiger partial charge < -0.3 is 5.32 Å². The number of hydrogen-bond acceptors (Lipinski definition) is 4. The standard InChI is InChI=1S/C13H16ClN3O2S/c1-2-6-16(8-10-3-4-11(14)20-10)9-12(18)17-7-5-15-13(17)19/h2-4H,1,5-9H2,(H,15,19). The number of rotatable bonds is 6. The van der Waals surface area contributed by atoms with E-state index in [9.17, 15) is 9.59 Å². The van der Waals surface area contributed by atoms with Gasteiger partial charge in [-0.05, 0) is 12.1 Å². The lowest BCUT2D eigenvalue weighted by Crippen LogP contribution is -2.41. The second kappa shape index (κ2) is 6.88. The van der Waals surface area contributed by atoms with Gasteiger partial charge in [-0.2, -0.15) is 0 Å². The molecule has 0 spiro atoms. The lowest BCUT2D eigenvalue weighted by atomic mass is 10.3. The molecule has 1 N–H and O–H groups in total. The molecule has 0 atom stereocenters. The number of thiophene rings is 1. The molecule has 0 bridgehead atoms. The topological polar surface area (TPSA) is 52.7 Å². The highest BCUT2D eigenvalue weighted by molar-refractivity contribution is 7.16. The summed E-state index contributed by atoms with van der Waals surface area (Å²) in [6.45, 7) is 6.04. The van der Waals surface area contributed by atoms with Gasteiger partial charge in [-0.15, -0.1) is 17.9 Å². The summed E-state index contributed by atoms with van der Waals surface area (Å²) in [6.07, 6.45) is 1.74. The summed E-state index contributed by atoms with van der Waals surface area (Å²) in [7, 11) is 0. The van der Waals surface area contributed by atoms with Crippen molar-refractivity contribution < 1.29 is 9.59 Å². The van der Waals surface area contributed by atoms with Crippen LogP contribution in [0, 0.1) is 0 Å². The van der Waals surface area contributed by atoms with Crippen LogP contribution in [0.3, 0.4) is 0 Å².